The van der Waals surface area contributed by atoms with E-state index >= 15 is 0 Å². The Morgan fingerprint density at radius 1 is 1.21 bits per heavy atom. The number of imidazole rings is 1. The summed E-state index contributed by atoms with van der Waals surface area (Å²) in [5.41, 5.74) is 3.98. The van der Waals surface area contributed by atoms with Crippen molar-refractivity contribution in [2.75, 3.05) is 19.4 Å². The first kappa shape index (κ1) is 20.2. The van der Waals surface area contributed by atoms with Crippen molar-refractivity contribution in [3.8, 4) is 5.82 Å². The van der Waals surface area contributed by atoms with Crippen LogP contribution in [0.3, 0.4) is 0 Å². The molecule has 0 aliphatic rings. The molecule has 2 N–H and O–H groups in total. The number of rotatable bonds is 5. The molecule has 0 aliphatic carbocycles. The van der Waals surface area contributed by atoms with Gasteiger partial charge in [-0.1, -0.05) is 13.8 Å². The minimum Gasteiger partial charge on any atom is -0.465 e. The molecule has 0 spiro atoms. The maximum atomic E-state index is 12.8. The Morgan fingerprint density at radius 3 is 2.55 bits per heavy atom. The van der Waals surface area contributed by atoms with Crippen LogP contribution < -0.4 is 5.32 Å². The van der Waals surface area contributed by atoms with Crippen molar-refractivity contribution in [3.05, 3.63) is 41.5 Å². The summed E-state index contributed by atoms with van der Waals surface area (Å²) in [4.78, 5) is 38.1. The minimum atomic E-state index is -1.20. The maximum absolute atomic E-state index is 12.8. The largest absolute Gasteiger partial charge is 0.465 e. The van der Waals surface area contributed by atoms with Crippen LogP contribution in [-0.4, -0.2) is 55.6 Å². The Morgan fingerprint density at radius 2 is 1.93 bits per heavy atom. The number of nitrogens with one attached hydrogen (secondary N) is 1. The van der Waals surface area contributed by atoms with Crippen molar-refractivity contribution in [1.29, 1.82) is 0 Å². The van der Waals surface area contributed by atoms with E-state index in [1.54, 1.807) is 29.9 Å². The van der Waals surface area contributed by atoms with Crippen LogP contribution in [0.15, 0.2) is 24.8 Å². The topological polar surface area (TPSA) is 113 Å². The zero-order valence-corrected chi connectivity index (χ0v) is 17.1. The third kappa shape index (κ3) is 4.03. The van der Waals surface area contributed by atoms with Gasteiger partial charge < -0.3 is 10.0 Å². The van der Waals surface area contributed by atoms with Crippen LogP contribution in [0.2, 0.25) is 0 Å². The molecule has 3 rings (SSSR count). The Labute approximate surface area is 168 Å². The van der Waals surface area contributed by atoms with Crippen molar-refractivity contribution in [1.82, 2.24) is 24.4 Å². The standard InChI is InChI=1S/C20H24N6O3/c1-11(2)6-13-17(19(27)25(4)5)12(3)7-14-18(13)23-10-26(14)16-8-15(21-9-22-16)24-20(28)29/h7-11H,6H2,1-5H3,(H,28,29)(H,21,22,24). The molecule has 152 valence electrons. The number of carbonyl (C=O) groups excluding carboxylic acids is 1. The van der Waals surface area contributed by atoms with Gasteiger partial charge in [0.05, 0.1) is 11.0 Å². The molecule has 2 heterocycles. The molecule has 0 saturated heterocycles. The molecular weight excluding hydrogens is 372 g/mol. The van der Waals surface area contributed by atoms with E-state index in [1.165, 1.54) is 12.4 Å². The molecule has 29 heavy (non-hydrogen) atoms. The molecule has 0 aliphatic heterocycles. The van der Waals surface area contributed by atoms with Gasteiger partial charge in [0, 0.05) is 25.7 Å². The molecule has 2 amide bonds. The second kappa shape index (κ2) is 7.86. The number of amides is 2. The molecule has 0 unspecified atom stereocenters. The van der Waals surface area contributed by atoms with Crippen LogP contribution in [0.4, 0.5) is 10.6 Å². The summed E-state index contributed by atoms with van der Waals surface area (Å²) in [5, 5.41) is 11.1. The highest BCUT2D eigenvalue weighted by atomic mass is 16.4. The van der Waals surface area contributed by atoms with Crippen molar-refractivity contribution >= 4 is 28.9 Å². The monoisotopic (exact) mass is 396 g/mol. The number of aryl methyl sites for hydroxylation is 1. The zero-order chi connectivity index (χ0) is 21.3. The van der Waals surface area contributed by atoms with Gasteiger partial charge in [0.1, 0.15) is 24.3 Å². The van der Waals surface area contributed by atoms with Gasteiger partial charge in [-0.25, -0.2) is 19.7 Å². The molecule has 9 heteroatoms. The Bertz CT molecular complexity index is 1090. The number of hydrogen-bond donors (Lipinski definition) is 2. The van der Waals surface area contributed by atoms with E-state index < -0.39 is 6.09 Å². The van der Waals surface area contributed by atoms with Gasteiger partial charge in [-0.15, -0.1) is 0 Å². The average Bonchev–Trinajstić information content (AvgIpc) is 3.04. The summed E-state index contributed by atoms with van der Waals surface area (Å²) >= 11 is 0. The van der Waals surface area contributed by atoms with Gasteiger partial charge in [0.2, 0.25) is 0 Å². The summed E-state index contributed by atoms with van der Waals surface area (Å²) in [6.07, 6.45) is 2.43. The number of fused-ring (bicyclic) bond motifs is 1. The van der Waals surface area contributed by atoms with E-state index in [2.05, 4.69) is 34.1 Å². The third-order valence-electron chi connectivity index (χ3n) is 4.51. The number of carbonyl (C=O) groups is 2. The first-order chi connectivity index (χ1) is 13.7. The van der Waals surface area contributed by atoms with Crippen molar-refractivity contribution in [2.45, 2.75) is 27.2 Å². The average molecular weight is 396 g/mol. The second-order valence-electron chi connectivity index (χ2n) is 7.52. The third-order valence-corrected chi connectivity index (χ3v) is 4.51. The summed E-state index contributed by atoms with van der Waals surface area (Å²) in [6.45, 7) is 6.11. The quantitative estimate of drug-likeness (QED) is 0.685. The molecule has 1 aromatic carbocycles. The summed E-state index contributed by atoms with van der Waals surface area (Å²) in [5.74, 6) is 0.935. The van der Waals surface area contributed by atoms with E-state index in [4.69, 9.17) is 5.11 Å². The highest BCUT2D eigenvalue weighted by Crippen LogP contribution is 2.29. The molecule has 0 atom stereocenters. The summed E-state index contributed by atoms with van der Waals surface area (Å²) < 4.78 is 1.77. The number of carboxylic acid groups (broad SMARTS) is 1. The number of nitrogens with zero attached hydrogens (tertiary/aromatic N) is 5. The molecule has 0 fully saturated rings. The molecule has 0 saturated carbocycles. The van der Waals surface area contributed by atoms with Gasteiger partial charge in [-0.05, 0) is 36.5 Å². The number of benzene rings is 1. The fourth-order valence-corrected chi connectivity index (χ4v) is 3.33. The lowest BCUT2D eigenvalue weighted by Crippen LogP contribution is -2.24. The van der Waals surface area contributed by atoms with Crippen molar-refractivity contribution in [2.24, 2.45) is 5.92 Å². The number of hydrogen-bond acceptors (Lipinski definition) is 5. The fraction of sp³-hybridized carbons (Fsp3) is 0.350. The normalized spacial score (nSPS) is 11.1. The van der Waals surface area contributed by atoms with E-state index in [1.807, 2.05) is 13.0 Å². The Balaban J connectivity index is 2.22. The lowest BCUT2D eigenvalue weighted by atomic mass is 9.92. The summed E-state index contributed by atoms with van der Waals surface area (Å²) in [7, 11) is 3.48. The van der Waals surface area contributed by atoms with Crippen LogP contribution in [0, 0.1) is 12.8 Å². The molecule has 0 radical (unpaired) electrons. The zero-order valence-electron chi connectivity index (χ0n) is 17.1. The van der Waals surface area contributed by atoms with Crippen LogP contribution in [-0.2, 0) is 6.42 Å². The van der Waals surface area contributed by atoms with Crippen molar-refractivity contribution < 1.29 is 14.7 Å². The van der Waals surface area contributed by atoms with E-state index in [9.17, 15) is 9.59 Å². The lowest BCUT2D eigenvalue weighted by Gasteiger charge is -2.18. The van der Waals surface area contributed by atoms with Gasteiger partial charge in [0.15, 0.2) is 0 Å². The predicted octanol–water partition coefficient (Wildman–Crippen LogP) is 3.11. The summed E-state index contributed by atoms with van der Waals surface area (Å²) in [6, 6.07) is 3.45. The van der Waals surface area contributed by atoms with Gasteiger partial charge in [0.25, 0.3) is 5.91 Å². The minimum absolute atomic E-state index is 0.0513. The maximum Gasteiger partial charge on any atom is 0.410 e. The lowest BCUT2D eigenvalue weighted by molar-refractivity contribution is 0.0826. The SMILES string of the molecule is Cc1cc2c(ncn2-c2cc(NC(=O)O)ncn2)c(CC(C)C)c1C(=O)N(C)C. The fourth-order valence-electron chi connectivity index (χ4n) is 3.33. The first-order valence-corrected chi connectivity index (χ1v) is 9.22. The highest BCUT2D eigenvalue weighted by molar-refractivity contribution is 6.01. The van der Waals surface area contributed by atoms with E-state index in [0.29, 0.717) is 23.7 Å². The molecular formula is C20H24N6O3. The second-order valence-corrected chi connectivity index (χ2v) is 7.52. The molecule has 2 aromatic heterocycles. The van der Waals surface area contributed by atoms with Crippen LogP contribution in [0.1, 0.15) is 35.3 Å². The van der Waals surface area contributed by atoms with E-state index in [-0.39, 0.29) is 11.7 Å². The van der Waals surface area contributed by atoms with Crippen LogP contribution in [0.25, 0.3) is 16.9 Å². The van der Waals surface area contributed by atoms with Crippen molar-refractivity contribution in [3.63, 3.8) is 0 Å². The Hall–Kier alpha value is -3.49. The predicted molar refractivity (Wildman–Crippen MR) is 110 cm³/mol. The van der Waals surface area contributed by atoms with Gasteiger partial charge in [-0.3, -0.25) is 14.7 Å². The Kier molecular flexibility index (Phi) is 5.49. The molecule has 3 aromatic rings. The van der Waals surface area contributed by atoms with E-state index in [0.717, 1.165) is 22.2 Å². The smallest absolute Gasteiger partial charge is 0.410 e. The first-order valence-electron chi connectivity index (χ1n) is 9.22. The van der Waals surface area contributed by atoms with Gasteiger partial charge >= 0.3 is 6.09 Å². The molecule has 9 nitrogen and oxygen atoms in total. The highest BCUT2D eigenvalue weighted by Gasteiger charge is 2.22. The number of anilines is 1. The number of aromatic nitrogens is 4. The molecule has 0 bridgehead atoms. The van der Waals surface area contributed by atoms with Crippen LogP contribution in [0.5, 0.6) is 0 Å². The van der Waals surface area contributed by atoms with Gasteiger partial charge in [-0.2, -0.15) is 0 Å². The van der Waals surface area contributed by atoms with Crippen LogP contribution >= 0.6 is 0 Å².